The molecule has 0 amide bonds. The Balaban J connectivity index is 1.83. The largest absolute Gasteiger partial charge is 0.422 e. The first-order chi connectivity index (χ1) is 11.8. The average molecular weight is 370 g/mol. The lowest BCUT2D eigenvalue weighted by Crippen LogP contribution is -2.46. The maximum absolute atomic E-state index is 13.3. The van der Waals surface area contributed by atoms with Gasteiger partial charge in [0.05, 0.1) is 19.3 Å². The van der Waals surface area contributed by atoms with Crippen LogP contribution in [0.5, 0.6) is 0 Å². The minimum Gasteiger partial charge on any atom is -0.348 e. The summed E-state index contributed by atoms with van der Waals surface area (Å²) in [7, 11) is 0. The Labute approximate surface area is 143 Å². The molecule has 0 aromatic heterocycles. The van der Waals surface area contributed by atoms with Crippen molar-refractivity contribution in [2.45, 2.75) is 57.0 Å². The fourth-order valence-corrected chi connectivity index (χ4v) is 2.63. The van der Waals surface area contributed by atoms with Crippen molar-refractivity contribution in [3.05, 3.63) is 23.8 Å². The van der Waals surface area contributed by atoms with Crippen molar-refractivity contribution in [3.63, 3.8) is 0 Å². The quantitative estimate of drug-likeness (QED) is 0.583. The van der Waals surface area contributed by atoms with E-state index in [0.29, 0.717) is 24.7 Å². The van der Waals surface area contributed by atoms with Crippen molar-refractivity contribution in [3.8, 4) is 0 Å². The summed E-state index contributed by atoms with van der Waals surface area (Å²) < 4.78 is 79.7. The molecule has 0 aromatic carbocycles. The summed E-state index contributed by atoms with van der Waals surface area (Å²) in [4.78, 5) is 0. The number of unbranched alkanes of at least 4 members (excludes halogenated alkanes) is 1. The second kappa shape index (κ2) is 8.60. The summed E-state index contributed by atoms with van der Waals surface area (Å²) in [5.74, 6) is -4.52. The van der Waals surface area contributed by atoms with Gasteiger partial charge in [0.1, 0.15) is 0 Å². The van der Waals surface area contributed by atoms with Crippen LogP contribution in [-0.2, 0) is 14.2 Å². The van der Waals surface area contributed by atoms with E-state index in [0.717, 1.165) is 19.3 Å². The van der Waals surface area contributed by atoms with Crippen LogP contribution in [0.15, 0.2) is 23.8 Å². The third kappa shape index (κ3) is 5.24. The van der Waals surface area contributed by atoms with Crippen LogP contribution < -0.4 is 0 Å². The molecular formula is C17H23F5O3. The predicted molar refractivity (Wildman–Crippen MR) is 81.3 cm³/mol. The van der Waals surface area contributed by atoms with Gasteiger partial charge in [0.2, 0.25) is 0 Å². The summed E-state index contributed by atoms with van der Waals surface area (Å²) in [5.41, 5.74) is 0.634. The van der Waals surface area contributed by atoms with Crippen molar-refractivity contribution >= 4 is 0 Å². The molecule has 1 heterocycles. The molecule has 144 valence electrons. The SMILES string of the molecule is CCCCC1COC(C2=CCC(OC(F)(F)C(F)(F)CF)C=C2)OC1. The molecular weight excluding hydrogens is 347 g/mol. The highest BCUT2D eigenvalue weighted by molar-refractivity contribution is 5.27. The van der Waals surface area contributed by atoms with Gasteiger partial charge in [-0.1, -0.05) is 38.0 Å². The first-order valence-corrected chi connectivity index (χ1v) is 8.40. The van der Waals surface area contributed by atoms with Gasteiger partial charge in [-0.2, -0.15) is 17.6 Å². The molecule has 2 aliphatic rings. The topological polar surface area (TPSA) is 27.7 Å². The summed E-state index contributed by atoms with van der Waals surface area (Å²) in [6.07, 6.45) is 0.668. The van der Waals surface area contributed by atoms with Gasteiger partial charge in [0.25, 0.3) is 0 Å². The molecule has 1 unspecified atom stereocenters. The first-order valence-electron chi connectivity index (χ1n) is 8.40. The molecule has 0 radical (unpaired) electrons. The van der Waals surface area contributed by atoms with Crippen LogP contribution in [0.2, 0.25) is 0 Å². The van der Waals surface area contributed by atoms with E-state index < -0.39 is 31.1 Å². The van der Waals surface area contributed by atoms with E-state index in [1.165, 1.54) is 12.2 Å². The van der Waals surface area contributed by atoms with E-state index in [2.05, 4.69) is 11.7 Å². The highest BCUT2D eigenvalue weighted by Gasteiger charge is 2.59. The van der Waals surface area contributed by atoms with Crippen LogP contribution in [0.1, 0.15) is 32.6 Å². The summed E-state index contributed by atoms with van der Waals surface area (Å²) >= 11 is 0. The van der Waals surface area contributed by atoms with Crippen LogP contribution in [0.4, 0.5) is 22.0 Å². The molecule has 1 fully saturated rings. The molecule has 2 rings (SSSR count). The van der Waals surface area contributed by atoms with Crippen molar-refractivity contribution in [1.82, 2.24) is 0 Å². The molecule has 25 heavy (non-hydrogen) atoms. The standard InChI is InChI=1S/C17H23F5O3/c1-2-3-4-12-9-23-15(24-10-12)13-5-7-14(8-6-13)25-17(21,22)16(19,20)11-18/h5-7,12,14-15H,2-4,8-11H2,1H3. The van der Waals surface area contributed by atoms with Gasteiger partial charge >= 0.3 is 12.0 Å². The number of hydrogen-bond acceptors (Lipinski definition) is 3. The highest BCUT2D eigenvalue weighted by Crippen LogP contribution is 2.38. The molecule has 0 spiro atoms. The second-order valence-electron chi connectivity index (χ2n) is 6.32. The van der Waals surface area contributed by atoms with Crippen LogP contribution in [-0.4, -0.2) is 44.3 Å². The average Bonchev–Trinajstić information content (AvgIpc) is 2.60. The fraction of sp³-hybridized carbons (Fsp3) is 0.765. The monoisotopic (exact) mass is 370 g/mol. The Kier molecular flexibility index (Phi) is 6.99. The molecule has 8 heteroatoms. The Morgan fingerprint density at radius 1 is 1.20 bits per heavy atom. The smallest absolute Gasteiger partial charge is 0.348 e. The Bertz CT molecular complexity index is 485. The first kappa shape index (κ1) is 20.3. The Hall–Kier alpha value is -0.990. The molecule has 3 nitrogen and oxygen atoms in total. The van der Waals surface area contributed by atoms with Crippen molar-refractivity contribution in [2.75, 3.05) is 19.9 Å². The van der Waals surface area contributed by atoms with E-state index in [1.807, 2.05) is 0 Å². The van der Waals surface area contributed by atoms with Crippen LogP contribution in [0.25, 0.3) is 0 Å². The third-order valence-electron chi connectivity index (χ3n) is 4.19. The van der Waals surface area contributed by atoms with E-state index in [4.69, 9.17) is 9.47 Å². The van der Waals surface area contributed by atoms with Crippen molar-refractivity contribution in [1.29, 1.82) is 0 Å². The number of hydrogen-bond donors (Lipinski definition) is 0. The van der Waals surface area contributed by atoms with Crippen molar-refractivity contribution in [2.24, 2.45) is 5.92 Å². The zero-order chi connectivity index (χ0) is 18.5. The van der Waals surface area contributed by atoms with Crippen LogP contribution >= 0.6 is 0 Å². The third-order valence-corrected chi connectivity index (χ3v) is 4.19. The van der Waals surface area contributed by atoms with Gasteiger partial charge in [-0.3, -0.25) is 0 Å². The molecule has 0 saturated carbocycles. The molecule has 1 saturated heterocycles. The lowest BCUT2D eigenvalue weighted by molar-refractivity contribution is -0.358. The second-order valence-corrected chi connectivity index (χ2v) is 6.32. The molecule has 1 aliphatic carbocycles. The number of rotatable bonds is 8. The highest BCUT2D eigenvalue weighted by atomic mass is 19.3. The lowest BCUT2D eigenvalue weighted by atomic mass is 10.0. The van der Waals surface area contributed by atoms with Crippen LogP contribution in [0.3, 0.4) is 0 Å². The number of halogens is 5. The van der Waals surface area contributed by atoms with Crippen LogP contribution in [0, 0.1) is 5.92 Å². The van der Waals surface area contributed by atoms with Gasteiger partial charge in [-0.15, -0.1) is 0 Å². The summed E-state index contributed by atoms with van der Waals surface area (Å²) in [6.45, 7) is 0.726. The van der Waals surface area contributed by atoms with E-state index in [9.17, 15) is 22.0 Å². The van der Waals surface area contributed by atoms with Gasteiger partial charge in [-0.25, -0.2) is 4.39 Å². The zero-order valence-electron chi connectivity index (χ0n) is 14.0. The Morgan fingerprint density at radius 3 is 2.40 bits per heavy atom. The molecule has 1 aliphatic heterocycles. The number of ether oxygens (including phenoxy) is 3. The minimum absolute atomic E-state index is 0.0493. The normalized spacial score (nSPS) is 28.1. The lowest BCUT2D eigenvalue weighted by Gasteiger charge is -2.32. The van der Waals surface area contributed by atoms with E-state index >= 15 is 0 Å². The molecule has 1 atom stereocenters. The van der Waals surface area contributed by atoms with E-state index in [1.54, 1.807) is 6.08 Å². The summed E-state index contributed by atoms with van der Waals surface area (Å²) in [6, 6.07) is 0. The fourth-order valence-electron chi connectivity index (χ4n) is 2.63. The Morgan fingerprint density at radius 2 is 1.88 bits per heavy atom. The minimum atomic E-state index is -4.87. The molecule has 0 bridgehead atoms. The molecule has 0 aromatic rings. The predicted octanol–water partition coefficient (Wildman–Crippen LogP) is 4.63. The molecule has 0 N–H and O–H groups in total. The maximum Gasteiger partial charge on any atom is 0.422 e. The van der Waals surface area contributed by atoms with Gasteiger partial charge in [0, 0.05) is 11.5 Å². The maximum atomic E-state index is 13.3. The van der Waals surface area contributed by atoms with Crippen molar-refractivity contribution < 1.29 is 36.2 Å². The van der Waals surface area contributed by atoms with Gasteiger partial charge < -0.3 is 14.2 Å². The van der Waals surface area contributed by atoms with Gasteiger partial charge in [-0.05, 0) is 12.8 Å². The summed E-state index contributed by atoms with van der Waals surface area (Å²) in [5, 5.41) is 0. The van der Waals surface area contributed by atoms with Gasteiger partial charge in [0.15, 0.2) is 13.0 Å². The number of alkyl halides is 5. The zero-order valence-corrected chi connectivity index (χ0v) is 14.0. The van der Waals surface area contributed by atoms with E-state index in [-0.39, 0.29) is 6.42 Å².